The molecule has 1 aromatic heterocycles. The Morgan fingerprint density at radius 1 is 1.16 bits per heavy atom. The van der Waals surface area contributed by atoms with E-state index < -0.39 is 23.3 Å². The second-order valence-corrected chi connectivity index (χ2v) is 5.45. The summed E-state index contributed by atoms with van der Waals surface area (Å²) >= 11 is 5.82. The van der Waals surface area contributed by atoms with Gasteiger partial charge in [0.2, 0.25) is 0 Å². The molecule has 0 amide bonds. The van der Waals surface area contributed by atoms with Crippen LogP contribution in [0.15, 0.2) is 42.5 Å². The van der Waals surface area contributed by atoms with Gasteiger partial charge in [0.05, 0.1) is 11.8 Å². The molecular weight excluding hydrogens is 352 g/mol. The molecule has 0 spiro atoms. The number of hydrogen-bond acceptors (Lipinski definition) is 5. The molecule has 0 unspecified atom stereocenters. The van der Waals surface area contributed by atoms with E-state index in [0.717, 1.165) is 12.1 Å². The zero-order valence-electron chi connectivity index (χ0n) is 12.4. The predicted molar refractivity (Wildman–Crippen MR) is 83.2 cm³/mol. The number of rotatable bonds is 4. The van der Waals surface area contributed by atoms with E-state index in [1.165, 1.54) is 4.68 Å². The standard InChI is InChI=1S/C16H8ClF2N5O/c17-10-1-3-13(4-2-10)24-16(21-22-23-24)14(8-20)15(25)9-5-11(18)7-12(19)6-9/h1-7,14H/t14-/m1/s1. The fraction of sp³-hybridized carbons (Fsp3) is 0.0625. The molecule has 0 aliphatic rings. The van der Waals surface area contributed by atoms with Crippen LogP contribution in [0.25, 0.3) is 5.69 Å². The Kier molecular flexibility index (Phi) is 4.50. The minimum absolute atomic E-state index is 0.0699. The highest BCUT2D eigenvalue weighted by atomic mass is 35.5. The van der Waals surface area contributed by atoms with Crippen LogP contribution in [0.3, 0.4) is 0 Å². The maximum Gasteiger partial charge on any atom is 0.188 e. The molecule has 25 heavy (non-hydrogen) atoms. The molecular formula is C16H8ClF2N5O. The average Bonchev–Trinajstić information content (AvgIpc) is 3.04. The van der Waals surface area contributed by atoms with Crippen LogP contribution in [0.4, 0.5) is 8.78 Å². The van der Waals surface area contributed by atoms with Gasteiger partial charge in [-0.25, -0.2) is 8.78 Å². The summed E-state index contributed by atoms with van der Waals surface area (Å²) in [6.07, 6.45) is 0. The van der Waals surface area contributed by atoms with E-state index in [1.807, 2.05) is 0 Å². The van der Waals surface area contributed by atoms with Crippen LogP contribution in [0.1, 0.15) is 22.1 Å². The van der Waals surface area contributed by atoms with E-state index >= 15 is 0 Å². The maximum atomic E-state index is 13.3. The Bertz CT molecular complexity index is 961. The van der Waals surface area contributed by atoms with Crippen molar-refractivity contribution in [3.05, 3.63) is 70.5 Å². The third-order valence-electron chi connectivity index (χ3n) is 3.36. The normalized spacial score (nSPS) is 11.8. The van der Waals surface area contributed by atoms with Gasteiger partial charge in [0, 0.05) is 16.7 Å². The van der Waals surface area contributed by atoms with Gasteiger partial charge in [-0.1, -0.05) is 11.6 Å². The number of halogens is 3. The van der Waals surface area contributed by atoms with Crippen LogP contribution in [0, 0.1) is 23.0 Å². The van der Waals surface area contributed by atoms with Crippen molar-refractivity contribution in [1.29, 1.82) is 5.26 Å². The lowest BCUT2D eigenvalue weighted by atomic mass is 9.98. The molecule has 124 valence electrons. The predicted octanol–water partition coefficient (Wildman–Crippen LogP) is 3.08. The summed E-state index contributed by atoms with van der Waals surface area (Å²) in [5, 5.41) is 20.8. The molecule has 0 saturated heterocycles. The zero-order chi connectivity index (χ0) is 18.0. The van der Waals surface area contributed by atoms with Gasteiger partial charge in [-0.2, -0.15) is 9.94 Å². The van der Waals surface area contributed by atoms with Gasteiger partial charge < -0.3 is 0 Å². The molecule has 2 aromatic carbocycles. The van der Waals surface area contributed by atoms with E-state index in [2.05, 4.69) is 15.5 Å². The topological polar surface area (TPSA) is 84.5 Å². The van der Waals surface area contributed by atoms with Crippen molar-refractivity contribution in [2.45, 2.75) is 5.92 Å². The number of ketones is 1. The summed E-state index contributed by atoms with van der Waals surface area (Å²) in [6, 6.07) is 10.5. The van der Waals surface area contributed by atoms with E-state index in [1.54, 1.807) is 30.3 Å². The van der Waals surface area contributed by atoms with Gasteiger partial charge >= 0.3 is 0 Å². The van der Waals surface area contributed by atoms with Crippen molar-refractivity contribution in [2.24, 2.45) is 0 Å². The maximum absolute atomic E-state index is 13.3. The van der Waals surface area contributed by atoms with Crippen molar-refractivity contribution < 1.29 is 13.6 Å². The number of hydrogen-bond donors (Lipinski definition) is 0. The van der Waals surface area contributed by atoms with Gasteiger partial charge in [0.1, 0.15) is 11.6 Å². The minimum Gasteiger partial charge on any atom is -0.292 e. The Morgan fingerprint density at radius 3 is 2.40 bits per heavy atom. The molecule has 3 aromatic rings. The Morgan fingerprint density at radius 2 is 1.80 bits per heavy atom. The molecule has 6 nitrogen and oxygen atoms in total. The van der Waals surface area contributed by atoms with Crippen molar-refractivity contribution >= 4 is 17.4 Å². The second-order valence-electron chi connectivity index (χ2n) is 5.01. The van der Waals surface area contributed by atoms with Gasteiger partial charge in [-0.15, -0.1) is 5.10 Å². The fourth-order valence-electron chi connectivity index (χ4n) is 2.24. The minimum atomic E-state index is -1.44. The number of tetrazole rings is 1. The molecule has 0 N–H and O–H groups in total. The first-order valence-electron chi connectivity index (χ1n) is 6.93. The molecule has 1 atom stereocenters. The van der Waals surface area contributed by atoms with E-state index in [0.29, 0.717) is 16.8 Å². The second kappa shape index (κ2) is 6.75. The third kappa shape index (κ3) is 3.36. The first-order valence-corrected chi connectivity index (χ1v) is 7.31. The number of nitrogens with zero attached hydrogens (tertiary/aromatic N) is 5. The van der Waals surface area contributed by atoms with E-state index in [9.17, 15) is 18.8 Å². The zero-order valence-corrected chi connectivity index (χ0v) is 13.2. The smallest absolute Gasteiger partial charge is 0.188 e. The summed E-state index contributed by atoms with van der Waals surface area (Å²) in [4.78, 5) is 12.5. The SMILES string of the molecule is N#C[C@H](C(=O)c1cc(F)cc(F)c1)c1nnnn1-c1ccc(Cl)cc1. The van der Waals surface area contributed by atoms with Crippen LogP contribution < -0.4 is 0 Å². The van der Waals surface area contributed by atoms with Crippen molar-refractivity contribution in [2.75, 3.05) is 0 Å². The lowest BCUT2D eigenvalue weighted by molar-refractivity contribution is 0.0974. The molecule has 0 aliphatic carbocycles. The van der Waals surface area contributed by atoms with Gasteiger partial charge in [-0.3, -0.25) is 4.79 Å². The van der Waals surface area contributed by atoms with Gasteiger partial charge in [0.25, 0.3) is 0 Å². The number of nitriles is 1. The largest absolute Gasteiger partial charge is 0.292 e. The number of aromatic nitrogens is 4. The molecule has 0 radical (unpaired) electrons. The lowest BCUT2D eigenvalue weighted by Gasteiger charge is -2.09. The van der Waals surface area contributed by atoms with Crippen LogP contribution in [-0.4, -0.2) is 26.0 Å². The van der Waals surface area contributed by atoms with Crippen LogP contribution in [0.5, 0.6) is 0 Å². The quantitative estimate of drug-likeness (QED) is 0.668. The summed E-state index contributed by atoms with van der Waals surface area (Å²) in [5.74, 6) is -4.16. The van der Waals surface area contributed by atoms with E-state index in [-0.39, 0.29) is 11.4 Å². The first-order chi connectivity index (χ1) is 12.0. The summed E-state index contributed by atoms with van der Waals surface area (Å²) in [5.41, 5.74) is 0.192. The van der Waals surface area contributed by atoms with Gasteiger partial charge in [-0.05, 0) is 46.8 Å². The molecule has 9 heteroatoms. The van der Waals surface area contributed by atoms with Crippen LogP contribution in [-0.2, 0) is 0 Å². The van der Waals surface area contributed by atoms with Crippen molar-refractivity contribution in [3.63, 3.8) is 0 Å². The lowest BCUT2D eigenvalue weighted by Crippen LogP contribution is -2.17. The number of Topliss-reactive ketones (excluding diaryl/α,β-unsaturated/α-hetero) is 1. The van der Waals surface area contributed by atoms with Crippen LogP contribution in [0.2, 0.25) is 5.02 Å². The number of benzene rings is 2. The molecule has 0 aliphatic heterocycles. The summed E-state index contributed by atoms with van der Waals surface area (Å²) < 4.78 is 27.9. The third-order valence-corrected chi connectivity index (χ3v) is 3.61. The van der Waals surface area contributed by atoms with Crippen LogP contribution >= 0.6 is 11.6 Å². The summed E-state index contributed by atoms with van der Waals surface area (Å²) in [6.45, 7) is 0. The highest BCUT2D eigenvalue weighted by molar-refractivity contribution is 6.30. The highest BCUT2D eigenvalue weighted by Gasteiger charge is 2.29. The highest BCUT2D eigenvalue weighted by Crippen LogP contribution is 2.22. The monoisotopic (exact) mass is 359 g/mol. The summed E-state index contributed by atoms with van der Waals surface area (Å²) in [7, 11) is 0. The Balaban J connectivity index is 2.02. The molecule has 0 bridgehead atoms. The molecule has 0 fully saturated rings. The van der Waals surface area contributed by atoms with Crippen molar-refractivity contribution in [3.8, 4) is 11.8 Å². The first kappa shape index (κ1) is 16.7. The van der Waals surface area contributed by atoms with E-state index in [4.69, 9.17) is 11.6 Å². The Hall–Kier alpha value is -3.18. The molecule has 3 rings (SSSR count). The fourth-order valence-corrected chi connectivity index (χ4v) is 2.36. The molecule has 1 heterocycles. The number of carbonyl (C=O) groups excluding carboxylic acids is 1. The number of carbonyl (C=O) groups is 1. The molecule has 0 saturated carbocycles. The van der Waals surface area contributed by atoms with Gasteiger partial charge in [0.15, 0.2) is 17.5 Å². The average molecular weight is 360 g/mol. The Labute approximate surface area is 145 Å². The van der Waals surface area contributed by atoms with Crippen molar-refractivity contribution in [1.82, 2.24) is 20.2 Å².